The van der Waals surface area contributed by atoms with E-state index in [1.165, 1.54) is 9.75 Å². The van der Waals surface area contributed by atoms with E-state index >= 15 is 0 Å². The van der Waals surface area contributed by atoms with Gasteiger partial charge in [0, 0.05) is 11.8 Å². The molecule has 4 aromatic rings. The lowest BCUT2D eigenvalue weighted by Crippen LogP contribution is -2.17. The topological polar surface area (TPSA) is 41.6 Å². The van der Waals surface area contributed by atoms with Crippen molar-refractivity contribution in [1.29, 1.82) is 0 Å². The first-order valence-corrected chi connectivity index (χ1v) is 10.5. The minimum absolute atomic E-state index is 0.0504. The van der Waals surface area contributed by atoms with Gasteiger partial charge < -0.3 is 4.42 Å². The molecule has 0 saturated carbocycles. The molecule has 0 unspecified atom stereocenters. The van der Waals surface area contributed by atoms with Crippen LogP contribution in [0.4, 0.5) is 5.13 Å². The first-order valence-electron chi connectivity index (χ1n) is 7.82. The Bertz CT molecular complexity index is 985. The maximum atomic E-state index is 5.68. The zero-order valence-electron chi connectivity index (χ0n) is 13.0. The highest BCUT2D eigenvalue weighted by atomic mass is 32.1. The molecular formula is C18H13N3OS3. The molecule has 1 atom stereocenters. The first-order chi connectivity index (χ1) is 12.4. The third kappa shape index (κ3) is 2.74. The molecule has 7 heteroatoms. The number of anilines is 1. The van der Waals surface area contributed by atoms with Crippen LogP contribution < -0.4 is 5.01 Å². The molecule has 0 saturated heterocycles. The van der Waals surface area contributed by atoms with E-state index in [-0.39, 0.29) is 6.04 Å². The van der Waals surface area contributed by atoms with Gasteiger partial charge in [-0.2, -0.15) is 5.10 Å². The Hall–Kier alpha value is -2.22. The Morgan fingerprint density at radius 1 is 1.00 bits per heavy atom. The highest BCUT2D eigenvalue weighted by Gasteiger charge is 2.33. The Balaban J connectivity index is 1.54. The van der Waals surface area contributed by atoms with E-state index in [1.807, 2.05) is 23.2 Å². The van der Waals surface area contributed by atoms with Crippen LogP contribution >= 0.6 is 34.0 Å². The van der Waals surface area contributed by atoms with E-state index in [1.54, 1.807) is 40.3 Å². The number of nitrogens with zero attached hydrogens (tertiary/aromatic N) is 3. The normalized spacial score (nSPS) is 17.2. The van der Waals surface area contributed by atoms with E-state index < -0.39 is 0 Å². The van der Waals surface area contributed by atoms with Gasteiger partial charge in [0.05, 0.1) is 27.4 Å². The molecule has 0 radical (unpaired) electrons. The number of hydrogen-bond acceptors (Lipinski definition) is 7. The van der Waals surface area contributed by atoms with Gasteiger partial charge in [0.1, 0.15) is 11.8 Å². The van der Waals surface area contributed by atoms with Gasteiger partial charge in [0.15, 0.2) is 0 Å². The van der Waals surface area contributed by atoms with E-state index in [9.17, 15) is 0 Å². The van der Waals surface area contributed by atoms with Crippen molar-refractivity contribution < 1.29 is 4.42 Å². The lowest BCUT2D eigenvalue weighted by Gasteiger charge is -2.18. The fraction of sp³-hybridized carbons (Fsp3) is 0.111. The van der Waals surface area contributed by atoms with Crippen LogP contribution in [-0.4, -0.2) is 10.7 Å². The van der Waals surface area contributed by atoms with Gasteiger partial charge in [0.2, 0.25) is 5.13 Å². The van der Waals surface area contributed by atoms with Crippen LogP contribution in [0.5, 0.6) is 0 Å². The Morgan fingerprint density at radius 3 is 2.56 bits per heavy atom. The molecule has 0 N–H and O–H groups in total. The summed E-state index contributed by atoms with van der Waals surface area (Å²) in [5, 5.41) is 14.0. The maximum absolute atomic E-state index is 5.68. The van der Waals surface area contributed by atoms with Crippen molar-refractivity contribution in [2.24, 2.45) is 5.10 Å². The highest BCUT2D eigenvalue weighted by Crippen LogP contribution is 2.40. The fourth-order valence-electron chi connectivity index (χ4n) is 2.89. The van der Waals surface area contributed by atoms with E-state index in [2.05, 4.69) is 34.3 Å². The van der Waals surface area contributed by atoms with Gasteiger partial charge in [-0.1, -0.05) is 12.1 Å². The Kier molecular flexibility index (Phi) is 3.77. The fourth-order valence-corrected chi connectivity index (χ4v) is 5.19. The van der Waals surface area contributed by atoms with Gasteiger partial charge in [-0.05, 0) is 35.0 Å². The number of thiazole rings is 1. The summed E-state index contributed by atoms with van der Waals surface area (Å²) in [6, 6.07) is 12.3. The standard InChI is InChI=1S/C18H13N3OS3/c1-4-15(22-7-1)14-10-12(16-5-2-8-23-16)20-21(14)18-19-13(11-25-18)17-6-3-9-24-17/h1-9,11,14H,10H2/t14-/m1/s1. The summed E-state index contributed by atoms with van der Waals surface area (Å²) in [5.41, 5.74) is 2.09. The number of hydrazone groups is 1. The summed E-state index contributed by atoms with van der Waals surface area (Å²) in [4.78, 5) is 7.20. The Labute approximate surface area is 156 Å². The predicted octanol–water partition coefficient (Wildman–Crippen LogP) is 5.88. The minimum atomic E-state index is 0.0504. The second-order valence-corrected chi connectivity index (χ2v) is 8.33. The predicted molar refractivity (Wildman–Crippen MR) is 105 cm³/mol. The second kappa shape index (κ2) is 6.25. The molecule has 0 bridgehead atoms. The number of furan rings is 1. The van der Waals surface area contributed by atoms with Gasteiger partial charge in [0.25, 0.3) is 0 Å². The number of rotatable bonds is 4. The number of aromatic nitrogens is 1. The molecule has 0 aromatic carbocycles. The first kappa shape index (κ1) is 15.1. The van der Waals surface area contributed by atoms with Crippen molar-refractivity contribution in [3.8, 4) is 10.6 Å². The van der Waals surface area contributed by atoms with Crippen molar-refractivity contribution in [3.05, 3.63) is 69.4 Å². The molecule has 1 aliphatic heterocycles. The smallest absolute Gasteiger partial charge is 0.207 e. The summed E-state index contributed by atoms with van der Waals surface area (Å²) < 4.78 is 5.68. The molecule has 5 rings (SSSR count). The van der Waals surface area contributed by atoms with Crippen LogP contribution in [-0.2, 0) is 0 Å². The van der Waals surface area contributed by atoms with Crippen molar-refractivity contribution in [1.82, 2.24) is 4.98 Å². The van der Waals surface area contributed by atoms with Crippen molar-refractivity contribution in [2.75, 3.05) is 5.01 Å². The zero-order valence-corrected chi connectivity index (χ0v) is 15.5. The molecule has 1 aliphatic rings. The molecule has 5 heterocycles. The molecular weight excluding hydrogens is 370 g/mol. The quantitative estimate of drug-likeness (QED) is 0.442. The summed E-state index contributed by atoms with van der Waals surface area (Å²) in [6.45, 7) is 0. The lowest BCUT2D eigenvalue weighted by atomic mass is 10.1. The summed E-state index contributed by atoms with van der Waals surface area (Å²) in [6.07, 6.45) is 2.54. The van der Waals surface area contributed by atoms with Crippen molar-refractivity contribution in [3.63, 3.8) is 0 Å². The third-order valence-corrected chi connectivity index (χ3v) is 6.69. The van der Waals surface area contributed by atoms with Crippen LogP contribution in [0.3, 0.4) is 0 Å². The molecule has 4 nitrogen and oxygen atoms in total. The number of thiophene rings is 2. The summed E-state index contributed by atoms with van der Waals surface area (Å²) in [7, 11) is 0. The monoisotopic (exact) mass is 383 g/mol. The highest BCUT2D eigenvalue weighted by molar-refractivity contribution is 7.16. The molecule has 124 valence electrons. The molecule has 0 aliphatic carbocycles. The summed E-state index contributed by atoms with van der Waals surface area (Å²) in [5.74, 6) is 0.920. The average molecular weight is 384 g/mol. The molecule has 25 heavy (non-hydrogen) atoms. The zero-order chi connectivity index (χ0) is 16.6. The molecule has 0 spiro atoms. The molecule has 4 aromatic heterocycles. The van der Waals surface area contributed by atoms with Crippen LogP contribution in [0, 0.1) is 0 Å². The minimum Gasteiger partial charge on any atom is -0.467 e. The maximum Gasteiger partial charge on any atom is 0.207 e. The van der Waals surface area contributed by atoms with Gasteiger partial charge in [-0.15, -0.1) is 34.0 Å². The molecule has 0 fully saturated rings. The van der Waals surface area contributed by atoms with Crippen LogP contribution in [0.1, 0.15) is 23.1 Å². The van der Waals surface area contributed by atoms with Crippen LogP contribution in [0.25, 0.3) is 10.6 Å². The van der Waals surface area contributed by atoms with Gasteiger partial charge in [-0.3, -0.25) is 0 Å². The van der Waals surface area contributed by atoms with E-state index in [0.717, 1.165) is 28.7 Å². The van der Waals surface area contributed by atoms with E-state index in [0.29, 0.717) is 0 Å². The Morgan fingerprint density at radius 2 is 1.84 bits per heavy atom. The summed E-state index contributed by atoms with van der Waals surface area (Å²) >= 11 is 5.04. The van der Waals surface area contributed by atoms with Crippen molar-refractivity contribution in [2.45, 2.75) is 12.5 Å². The van der Waals surface area contributed by atoms with Crippen molar-refractivity contribution >= 4 is 44.9 Å². The average Bonchev–Trinajstić information content (AvgIpc) is 3.48. The lowest BCUT2D eigenvalue weighted by molar-refractivity contribution is 0.465. The van der Waals surface area contributed by atoms with E-state index in [4.69, 9.17) is 14.5 Å². The third-order valence-electron chi connectivity index (χ3n) is 4.05. The SMILES string of the molecule is c1coc([C@H]2CC(c3cccs3)=NN2c2nc(-c3cccs3)cs2)c1. The van der Waals surface area contributed by atoms with Gasteiger partial charge >= 0.3 is 0 Å². The van der Waals surface area contributed by atoms with Crippen LogP contribution in [0.15, 0.2) is 68.3 Å². The largest absolute Gasteiger partial charge is 0.467 e. The van der Waals surface area contributed by atoms with Crippen LogP contribution in [0.2, 0.25) is 0 Å². The molecule has 0 amide bonds. The van der Waals surface area contributed by atoms with Gasteiger partial charge in [-0.25, -0.2) is 9.99 Å². The second-order valence-electron chi connectivity index (χ2n) is 5.60. The number of hydrogen-bond donors (Lipinski definition) is 0.